The van der Waals surface area contributed by atoms with Gasteiger partial charge < -0.3 is 5.32 Å². The average Bonchev–Trinajstić information content (AvgIpc) is 2.77. The Morgan fingerprint density at radius 3 is 2.27 bits per heavy atom. The lowest BCUT2D eigenvalue weighted by atomic mass is 10.1. The van der Waals surface area contributed by atoms with Crippen molar-refractivity contribution in [2.45, 2.75) is 51.0 Å². The summed E-state index contributed by atoms with van der Waals surface area (Å²) in [5.74, 6) is 0. The summed E-state index contributed by atoms with van der Waals surface area (Å²) < 4.78 is 0. The van der Waals surface area contributed by atoms with E-state index in [1.54, 1.807) is 0 Å². The normalized spacial score (nSPS) is 25.6. The van der Waals surface area contributed by atoms with E-state index in [-0.39, 0.29) is 0 Å². The quantitative estimate of drug-likeness (QED) is 0.598. The van der Waals surface area contributed by atoms with Crippen molar-refractivity contribution in [1.29, 1.82) is 0 Å². The van der Waals surface area contributed by atoms with Crippen molar-refractivity contribution in [3.63, 3.8) is 0 Å². The van der Waals surface area contributed by atoms with Gasteiger partial charge in [0.1, 0.15) is 0 Å². The topological polar surface area (TPSA) is 12.0 Å². The second-order valence-corrected chi connectivity index (χ2v) is 3.77. The van der Waals surface area contributed by atoms with Crippen LogP contribution in [0, 0.1) is 0 Å². The Morgan fingerprint density at radius 1 is 1.09 bits per heavy atom. The third-order valence-electron chi connectivity index (χ3n) is 2.65. The minimum atomic E-state index is 0.811. The highest BCUT2D eigenvalue weighted by atomic mass is 14.9. The Kier molecular flexibility index (Phi) is 2.16. The zero-order valence-electron chi connectivity index (χ0n) is 7.10. The van der Waals surface area contributed by atoms with Gasteiger partial charge in [-0.05, 0) is 12.8 Å². The van der Waals surface area contributed by atoms with Crippen LogP contribution >= 0.6 is 0 Å². The number of allylic oxidation sites excluding steroid dienone is 2. The zero-order chi connectivity index (χ0) is 7.52. The summed E-state index contributed by atoms with van der Waals surface area (Å²) >= 11 is 0. The molecule has 0 aliphatic heterocycles. The fraction of sp³-hybridized carbons (Fsp3) is 0.800. The number of rotatable bonds is 2. The van der Waals surface area contributed by atoms with E-state index in [9.17, 15) is 0 Å². The molecule has 0 spiro atoms. The van der Waals surface area contributed by atoms with Gasteiger partial charge in [-0.3, -0.25) is 0 Å². The van der Waals surface area contributed by atoms with Crippen LogP contribution < -0.4 is 5.32 Å². The summed E-state index contributed by atoms with van der Waals surface area (Å²) in [6.45, 7) is 0. The second kappa shape index (κ2) is 3.29. The van der Waals surface area contributed by atoms with Gasteiger partial charge in [0.25, 0.3) is 0 Å². The first kappa shape index (κ1) is 7.20. The van der Waals surface area contributed by atoms with Gasteiger partial charge in [-0.25, -0.2) is 0 Å². The van der Waals surface area contributed by atoms with Crippen molar-refractivity contribution >= 4 is 0 Å². The molecule has 0 radical (unpaired) electrons. The van der Waals surface area contributed by atoms with Crippen LogP contribution in [-0.2, 0) is 0 Å². The predicted octanol–water partition coefficient (Wildman–Crippen LogP) is 2.59. The molecular weight excluding hydrogens is 134 g/mol. The first-order valence-corrected chi connectivity index (χ1v) is 4.91. The van der Waals surface area contributed by atoms with Crippen molar-refractivity contribution < 1.29 is 0 Å². The van der Waals surface area contributed by atoms with E-state index in [0.29, 0.717) is 0 Å². The van der Waals surface area contributed by atoms with Crippen LogP contribution in [0.2, 0.25) is 0 Å². The lowest BCUT2D eigenvalue weighted by Gasteiger charge is -2.14. The summed E-state index contributed by atoms with van der Waals surface area (Å²) in [6, 6.07) is 0.811. The van der Waals surface area contributed by atoms with Gasteiger partial charge in [-0.1, -0.05) is 31.8 Å². The molecule has 1 nitrogen and oxygen atoms in total. The highest BCUT2D eigenvalue weighted by Crippen LogP contribution is 2.22. The molecule has 0 aromatic heterocycles. The molecule has 62 valence electrons. The van der Waals surface area contributed by atoms with Gasteiger partial charge in [0.2, 0.25) is 0 Å². The fourth-order valence-electron chi connectivity index (χ4n) is 1.85. The number of hydrogen-bond donors (Lipinski definition) is 1. The summed E-state index contributed by atoms with van der Waals surface area (Å²) in [7, 11) is 0. The minimum absolute atomic E-state index is 0.811. The lowest BCUT2D eigenvalue weighted by Crippen LogP contribution is -2.24. The highest BCUT2D eigenvalue weighted by molar-refractivity contribution is 5.20. The standard InChI is InChI=1S/C10H17N/c1-2-4-6-9(5-3-1)11-10-7-8-10/h7,9,11H,1-6,8H2. The predicted molar refractivity (Wildman–Crippen MR) is 47.3 cm³/mol. The first-order valence-electron chi connectivity index (χ1n) is 4.91. The van der Waals surface area contributed by atoms with Gasteiger partial charge in [-0.15, -0.1) is 0 Å². The van der Waals surface area contributed by atoms with Gasteiger partial charge in [0.15, 0.2) is 0 Å². The molecular formula is C10H17N. The fourth-order valence-corrected chi connectivity index (χ4v) is 1.85. The Bertz CT molecular complexity index is 152. The molecule has 0 unspecified atom stereocenters. The van der Waals surface area contributed by atoms with E-state index in [2.05, 4.69) is 11.4 Å². The molecule has 2 aliphatic carbocycles. The van der Waals surface area contributed by atoms with Crippen molar-refractivity contribution in [2.24, 2.45) is 0 Å². The highest BCUT2D eigenvalue weighted by Gasteiger charge is 2.15. The molecule has 0 amide bonds. The molecule has 0 atom stereocenters. The van der Waals surface area contributed by atoms with Gasteiger partial charge in [0.05, 0.1) is 0 Å². The molecule has 1 fully saturated rings. The molecule has 2 rings (SSSR count). The Balaban J connectivity index is 1.75. The maximum atomic E-state index is 3.59. The van der Waals surface area contributed by atoms with Crippen molar-refractivity contribution in [2.75, 3.05) is 0 Å². The number of nitrogens with one attached hydrogen (secondary N) is 1. The van der Waals surface area contributed by atoms with Crippen molar-refractivity contribution in [1.82, 2.24) is 5.32 Å². The molecule has 1 saturated carbocycles. The first-order chi connectivity index (χ1) is 5.45. The molecule has 1 N–H and O–H groups in total. The molecule has 0 bridgehead atoms. The van der Waals surface area contributed by atoms with Crippen LogP contribution in [0.25, 0.3) is 0 Å². The van der Waals surface area contributed by atoms with E-state index >= 15 is 0 Å². The molecule has 11 heavy (non-hydrogen) atoms. The SMILES string of the molecule is C1=C(NC2CCCCCC2)C1. The molecule has 0 aromatic rings. The van der Waals surface area contributed by atoms with Gasteiger partial charge >= 0.3 is 0 Å². The minimum Gasteiger partial charge on any atom is -0.386 e. The molecule has 0 aromatic carbocycles. The Morgan fingerprint density at radius 2 is 1.73 bits per heavy atom. The van der Waals surface area contributed by atoms with Crippen LogP contribution in [0.1, 0.15) is 44.9 Å². The van der Waals surface area contributed by atoms with Crippen LogP contribution in [0.4, 0.5) is 0 Å². The summed E-state index contributed by atoms with van der Waals surface area (Å²) in [5, 5.41) is 3.59. The summed E-state index contributed by atoms with van der Waals surface area (Å²) in [5.41, 5.74) is 1.50. The molecule has 0 heterocycles. The van der Waals surface area contributed by atoms with Crippen molar-refractivity contribution in [3.05, 3.63) is 11.8 Å². The maximum Gasteiger partial charge on any atom is 0.0258 e. The zero-order valence-corrected chi connectivity index (χ0v) is 7.10. The van der Waals surface area contributed by atoms with E-state index in [1.807, 2.05) is 0 Å². The third-order valence-corrected chi connectivity index (χ3v) is 2.65. The third kappa shape index (κ3) is 2.25. The van der Waals surface area contributed by atoms with Crippen LogP contribution in [0.5, 0.6) is 0 Å². The maximum absolute atomic E-state index is 3.59. The Labute approximate surface area is 68.9 Å². The van der Waals surface area contributed by atoms with Gasteiger partial charge in [-0.2, -0.15) is 0 Å². The van der Waals surface area contributed by atoms with E-state index in [4.69, 9.17) is 0 Å². The number of hydrogen-bond acceptors (Lipinski definition) is 1. The van der Waals surface area contributed by atoms with Gasteiger partial charge in [0, 0.05) is 18.2 Å². The van der Waals surface area contributed by atoms with Crippen LogP contribution in [-0.4, -0.2) is 6.04 Å². The van der Waals surface area contributed by atoms with Crippen LogP contribution in [0.3, 0.4) is 0 Å². The van der Waals surface area contributed by atoms with E-state index in [1.165, 1.54) is 50.6 Å². The summed E-state index contributed by atoms with van der Waals surface area (Å²) in [4.78, 5) is 0. The lowest BCUT2D eigenvalue weighted by molar-refractivity contribution is 0.508. The molecule has 0 saturated heterocycles. The summed E-state index contributed by atoms with van der Waals surface area (Å²) in [6.07, 6.45) is 12.1. The van der Waals surface area contributed by atoms with Crippen LogP contribution in [0.15, 0.2) is 11.8 Å². The smallest absolute Gasteiger partial charge is 0.0258 e. The largest absolute Gasteiger partial charge is 0.386 e. The van der Waals surface area contributed by atoms with E-state index < -0.39 is 0 Å². The van der Waals surface area contributed by atoms with Crippen molar-refractivity contribution in [3.8, 4) is 0 Å². The average molecular weight is 151 g/mol. The second-order valence-electron chi connectivity index (χ2n) is 3.77. The molecule has 1 heteroatoms. The Hall–Kier alpha value is -0.460. The molecule has 2 aliphatic rings. The monoisotopic (exact) mass is 151 g/mol. The van der Waals surface area contributed by atoms with E-state index in [0.717, 1.165) is 6.04 Å².